The molecule has 1 fully saturated rings. The number of carbonyl (C=O) groups is 2. The molecule has 1 unspecified atom stereocenters. The Labute approximate surface area is 108 Å². The van der Waals surface area contributed by atoms with Crippen molar-refractivity contribution in [3.63, 3.8) is 0 Å². The van der Waals surface area contributed by atoms with Crippen LogP contribution in [0.15, 0.2) is 0 Å². The topological polar surface area (TPSA) is 67.9 Å². The number of ether oxygens (including phenoxy) is 2. The third-order valence-electron chi connectivity index (χ3n) is 2.60. The number of esters is 1. The van der Waals surface area contributed by atoms with Gasteiger partial charge in [-0.25, -0.2) is 9.59 Å². The van der Waals surface area contributed by atoms with Gasteiger partial charge in [0.1, 0.15) is 11.6 Å². The van der Waals surface area contributed by atoms with E-state index in [1.807, 2.05) is 0 Å². The molecule has 0 saturated carbocycles. The van der Waals surface area contributed by atoms with E-state index in [0.29, 0.717) is 26.1 Å². The molecule has 6 heteroatoms. The Morgan fingerprint density at radius 3 is 2.50 bits per heavy atom. The summed E-state index contributed by atoms with van der Waals surface area (Å²) in [5.74, 6) is -0.399. The lowest BCUT2D eigenvalue weighted by molar-refractivity contribution is -0.146. The van der Waals surface area contributed by atoms with Crippen molar-refractivity contribution < 1.29 is 19.1 Å². The quantitative estimate of drug-likeness (QED) is 0.703. The summed E-state index contributed by atoms with van der Waals surface area (Å²) in [6, 6.07) is -0.570. The first kappa shape index (κ1) is 14.8. The lowest BCUT2D eigenvalue weighted by atomic mass is 10.2. The van der Waals surface area contributed by atoms with E-state index in [1.54, 1.807) is 20.8 Å². The van der Waals surface area contributed by atoms with E-state index >= 15 is 0 Å². The van der Waals surface area contributed by atoms with Gasteiger partial charge in [-0.1, -0.05) is 0 Å². The van der Waals surface area contributed by atoms with Crippen LogP contribution in [0.25, 0.3) is 0 Å². The van der Waals surface area contributed by atoms with Gasteiger partial charge >= 0.3 is 12.1 Å². The molecule has 0 aromatic heterocycles. The minimum absolute atomic E-state index is 0.399. The Morgan fingerprint density at radius 1 is 1.28 bits per heavy atom. The first-order valence-corrected chi connectivity index (χ1v) is 6.13. The molecule has 1 atom stereocenters. The van der Waals surface area contributed by atoms with Gasteiger partial charge in [0, 0.05) is 13.1 Å². The summed E-state index contributed by atoms with van der Waals surface area (Å²) < 4.78 is 10.0. The molecule has 1 rings (SSSR count). The van der Waals surface area contributed by atoms with Crippen molar-refractivity contribution >= 4 is 12.1 Å². The summed E-state index contributed by atoms with van der Waals surface area (Å²) in [6.45, 7) is 7.16. The maximum atomic E-state index is 12.1. The van der Waals surface area contributed by atoms with Crippen molar-refractivity contribution in [1.29, 1.82) is 0 Å². The predicted molar refractivity (Wildman–Crippen MR) is 66.2 cm³/mol. The van der Waals surface area contributed by atoms with Crippen LogP contribution in [0.4, 0.5) is 4.79 Å². The minimum Gasteiger partial charge on any atom is -0.467 e. The van der Waals surface area contributed by atoms with Crippen molar-refractivity contribution in [1.82, 2.24) is 10.2 Å². The van der Waals surface area contributed by atoms with Gasteiger partial charge in [-0.2, -0.15) is 0 Å². The molecule has 0 spiro atoms. The fraction of sp³-hybridized carbons (Fsp3) is 0.833. The summed E-state index contributed by atoms with van der Waals surface area (Å²) in [4.78, 5) is 25.2. The summed E-state index contributed by atoms with van der Waals surface area (Å²) >= 11 is 0. The number of nitrogens with one attached hydrogen (secondary N) is 1. The smallest absolute Gasteiger partial charge is 0.411 e. The first-order chi connectivity index (χ1) is 8.35. The van der Waals surface area contributed by atoms with Crippen LogP contribution in [0.5, 0.6) is 0 Å². The molecule has 1 heterocycles. The molecule has 0 aromatic carbocycles. The van der Waals surface area contributed by atoms with Crippen LogP contribution in [-0.4, -0.2) is 55.3 Å². The second kappa shape index (κ2) is 6.04. The van der Waals surface area contributed by atoms with Crippen molar-refractivity contribution in [2.24, 2.45) is 0 Å². The molecule has 6 nitrogen and oxygen atoms in total. The third kappa shape index (κ3) is 4.18. The van der Waals surface area contributed by atoms with Gasteiger partial charge in [0.25, 0.3) is 0 Å². The van der Waals surface area contributed by atoms with Crippen LogP contribution in [0.3, 0.4) is 0 Å². The molecule has 1 amide bonds. The van der Waals surface area contributed by atoms with Crippen molar-refractivity contribution in [2.75, 3.05) is 26.7 Å². The highest BCUT2D eigenvalue weighted by Crippen LogP contribution is 2.15. The van der Waals surface area contributed by atoms with E-state index in [0.717, 1.165) is 0 Å². The Morgan fingerprint density at radius 2 is 1.94 bits per heavy atom. The Kier molecular flexibility index (Phi) is 4.95. The second-order valence-corrected chi connectivity index (χ2v) is 5.25. The number of methoxy groups -OCH3 is 1. The first-order valence-electron chi connectivity index (χ1n) is 6.13. The standard InChI is InChI=1S/C12H22N2O4/c1-12(2,3)18-11(16)14-8-7-13-6-5-9(14)10(15)17-4/h9,13H,5-8H2,1-4H3. The molecule has 0 aliphatic carbocycles. The van der Waals surface area contributed by atoms with Crippen LogP contribution < -0.4 is 5.32 Å². The van der Waals surface area contributed by atoms with E-state index < -0.39 is 23.7 Å². The molecule has 1 saturated heterocycles. The zero-order valence-corrected chi connectivity index (χ0v) is 11.5. The van der Waals surface area contributed by atoms with Crippen LogP contribution in [0.2, 0.25) is 0 Å². The van der Waals surface area contributed by atoms with Crippen molar-refractivity contribution in [3.8, 4) is 0 Å². The fourth-order valence-electron chi connectivity index (χ4n) is 1.80. The zero-order valence-electron chi connectivity index (χ0n) is 11.5. The Hall–Kier alpha value is -1.30. The highest BCUT2D eigenvalue weighted by Gasteiger charge is 2.34. The molecule has 1 aliphatic heterocycles. The number of hydrogen-bond acceptors (Lipinski definition) is 5. The number of nitrogens with zero attached hydrogens (tertiary/aromatic N) is 1. The fourth-order valence-corrected chi connectivity index (χ4v) is 1.80. The maximum Gasteiger partial charge on any atom is 0.411 e. The number of amides is 1. The summed E-state index contributed by atoms with van der Waals surface area (Å²) in [6.07, 6.45) is 0.0629. The van der Waals surface area contributed by atoms with Crippen LogP contribution >= 0.6 is 0 Å². The second-order valence-electron chi connectivity index (χ2n) is 5.25. The number of hydrogen-bond donors (Lipinski definition) is 1. The van der Waals surface area contributed by atoms with Gasteiger partial charge in [0.15, 0.2) is 0 Å². The Balaban J connectivity index is 2.79. The lowest BCUT2D eigenvalue weighted by Crippen LogP contribution is -2.48. The molecule has 0 aromatic rings. The highest BCUT2D eigenvalue weighted by molar-refractivity contribution is 5.81. The van der Waals surface area contributed by atoms with Crippen molar-refractivity contribution in [2.45, 2.75) is 38.8 Å². The summed E-state index contributed by atoms with van der Waals surface area (Å²) in [5.41, 5.74) is -0.572. The van der Waals surface area contributed by atoms with E-state index in [-0.39, 0.29) is 0 Å². The van der Waals surface area contributed by atoms with Crippen LogP contribution in [0, 0.1) is 0 Å². The monoisotopic (exact) mass is 258 g/mol. The van der Waals surface area contributed by atoms with Gasteiger partial charge in [-0.3, -0.25) is 4.90 Å². The summed E-state index contributed by atoms with van der Waals surface area (Å²) in [5, 5.41) is 3.15. The largest absolute Gasteiger partial charge is 0.467 e. The van der Waals surface area contributed by atoms with E-state index in [1.165, 1.54) is 12.0 Å². The summed E-state index contributed by atoms with van der Waals surface area (Å²) in [7, 11) is 1.33. The van der Waals surface area contributed by atoms with Gasteiger partial charge in [-0.05, 0) is 33.7 Å². The average molecular weight is 258 g/mol. The van der Waals surface area contributed by atoms with E-state index in [9.17, 15) is 9.59 Å². The van der Waals surface area contributed by atoms with Gasteiger partial charge < -0.3 is 14.8 Å². The number of rotatable bonds is 1. The lowest BCUT2D eigenvalue weighted by Gasteiger charge is -2.30. The molecule has 0 bridgehead atoms. The molecule has 18 heavy (non-hydrogen) atoms. The molecular formula is C12H22N2O4. The molecular weight excluding hydrogens is 236 g/mol. The van der Waals surface area contributed by atoms with Gasteiger partial charge in [-0.15, -0.1) is 0 Å². The highest BCUT2D eigenvalue weighted by atomic mass is 16.6. The Bertz CT molecular complexity index is 312. The maximum absolute atomic E-state index is 12.1. The van der Waals surface area contributed by atoms with Crippen LogP contribution in [-0.2, 0) is 14.3 Å². The molecule has 1 N–H and O–H groups in total. The molecule has 1 aliphatic rings. The van der Waals surface area contributed by atoms with E-state index in [4.69, 9.17) is 9.47 Å². The molecule has 0 radical (unpaired) electrons. The molecule has 104 valence electrons. The third-order valence-corrected chi connectivity index (χ3v) is 2.60. The number of carbonyl (C=O) groups excluding carboxylic acids is 2. The predicted octanol–water partition coefficient (Wildman–Crippen LogP) is 0.758. The normalized spacial score (nSPS) is 21.1. The minimum atomic E-state index is -0.572. The zero-order chi connectivity index (χ0) is 13.8. The SMILES string of the molecule is COC(=O)C1CCNCCN1C(=O)OC(C)(C)C. The van der Waals surface area contributed by atoms with E-state index in [2.05, 4.69) is 5.32 Å². The van der Waals surface area contributed by atoms with Gasteiger partial charge in [0.05, 0.1) is 7.11 Å². The van der Waals surface area contributed by atoms with Gasteiger partial charge in [0.2, 0.25) is 0 Å². The van der Waals surface area contributed by atoms with Crippen LogP contribution in [0.1, 0.15) is 27.2 Å². The van der Waals surface area contributed by atoms with Crippen molar-refractivity contribution in [3.05, 3.63) is 0 Å². The average Bonchev–Trinajstić information content (AvgIpc) is 2.50.